The number of anilines is 1. The number of aromatic nitrogens is 2. The van der Waals surface area contributed by atoms with Crippen molar-refractivity contribution in [2.24, 2.45) is 0 Å². The third-order valence-electron chi connectivity index (χ3n) is 1.77. The molecule has 0 saturated heterocycles. The van der Waals surface area contributed by atoms with Crippen LogP contribution in [0.15, 0.2) is 24.7 Å². The summed E-state index contributed by atoms with van der Waals surface area (Å²) in [5.41, 5.74) is 0. The maximum atomic E-state index is 4.30. The van der Waals surface area contributed by atoms with Crippen molar-refractivity contribution in [3.63, 3.8) is 0 Å². The number of hydrogen-bond donors (Lipinski definition) is 0. The predicted molar refractivity (Wildman–Crippen MR) is 49.9 cm³/mol. The molecule has 4 heteroatoms. The Bertz CT molecular complexity index is 294. The molecule has 2 heterocycles. The predicted octanol–water partition coefficient (Wildman–Crippen LogP) is -0.274. The third kappa shape index (κ3) is 1.60. The zero-order valence-corrected chi connectivity index (χ0v) is 9.94. The van der Waals surface area contributed by atoms with Gasteiger partial charge >= 0.3 is 84.6 Å². The standard InChI is InChI=1S/C8H8N3.Sn.H/c1-2-6-11(5-1)8-7-9-3-4-10-8;;/h1,4-5,7H,2,6H2;;. The molecule has 0 amide bonds. The molecule has 0 aromatic carbocycles. The molecular weight excluding hydrogens is 257 g/mol. The average molecular weight is 266 g/mol. The molecule has 0 aliphatic carbocycles. The van der Waals surface area contributed by atoms with Crippen LogP contribution in [0.5, 0.6) is 0 Å². The molecule has 2 rings (SSSR count). The van der Waals surface area contributed by atoms with Gasteiger partial charge in [-0.3, -0.25) is 0 Å². The Hall–Kier alpha value is -0.581. The number of hydrogen-bond acceptors (Lipinski definition) is 3. The first kappa shape index (κ1) is 8.04. The zero-order chi connectivity index (χ0) is 8.39. The summed E-state index contributed by atoms with van der Waals surface area (Å²) in [6, 6.07) is 0. The molecule has 0 saturated carbocycles. The van der Waals surface area contributed by atoms with E-state index < -0.39 is 0 Å². The molecule has 0 spiro atoms. The van der Waals surface area contributed by atoms with E-state index >= 15 is 0 Å². The van der Waals surface area contributed by atoms with E-state index in [0.717, 1.165) is 45.0 Å². The normalized spacial score (nSPS) is 15.6. The van der Waals surface area contributed by atoms with Crippen molar-refractivity contribution in [3.8, 4) is 0 Å². The van der Waals surface area contributed by atoms with Crippen LogP contribution in [0.3, 0.4) is 0 Å². The summed E-state index contributed by atoms with van der Waals surface area (Å²) in [5, 5.41) is 0. The van der Waals surface area contributed by atoms with E-state index in [4.69, 9.17) is 0 Å². The molecule has 12 heavy (non-hydrogen) atoms. The topological polar surface area (TPSA) is 29.0 Å². The molecule has 1 aliphatic heterocycles. The molecule has 2 radical (unpaired) electrons. The summed E-state index contributed by atoms with van der Waals surface area (Å²) in [5.74, 6) is 0.960. The Morgan fingerprint density at radius 2 is 2.25 bits per heavy atom. The van der Waals surface area contributed by atoms with Gasteiger partial charge in [0, 0.05) is 0 Å². The van der Waals surface area contributed by atoms with E-state index in [-0.39, 0.29) is 0 Å². The average Bonchev–Trinajstić information content (AvgIpc) is 2.58. The van der Waals surface area contributed by atoms with Crippen LogP contribution >= 0.6 is 0 Å². The fourth-order valence-electron chi connectivity index (χ4n) is 1.16. The second kappa shape index (κ2) is 3.43. The first-order valence-electron chi connectivity index (χ1n) is 3.87. The molecule has 1 aromatic heterocycles. The molecule has 0 bridgehead atoms. The van der Waals surface area contributed by atoms with E-state index in [9.17, 15) is 0 Å². The first-order valence-corrected chi connectivity index (χ1v) is 5.52. The Balaban J connectivity index is 2.23. The fourth-order valence-corrected chi connectivity index (χ4v) is 1.59. The van der Waals surface area contributed by atoms with Crippen LogP contribution < -0.4 is 8.61 Å². The van der Waals surface area contributed by atoms with Crippen LogP contribution in [0, 0.1) is 0 Å². The third-order valence-corrected chi connectivity index (χ3v) is 2.63. The van der Waals surface area contributed by atoms with Gasteiger partial charge in [0.05, 0.1) is 0 Å². The van der Waals surface area contributed by atoms with Crippen molar-refractivity contribution in [2.45, 2.75) is 6.42 Å². The van der Waals surface area contributed by atoms with Crippen LogP contribution in [0.1, 0.15) is 6.42 Å². The second-order valence-corrected chi connectivity index (χ2v) is 4.35. The van der Waals surface area contributed by atoms with Crippen LogP contribution in [-0.2, 0) is 0 Å². The van der Waals surface area contributed by atoms with Gasteiger partial charge in [0.15, 0.2) is 0 Å². The van der Waals surface area contributed by atoms with E-state index in [1.807, 2.05) is 12.4 Å². The van der Waals surface area contributed by atoms with Crippen molar-refractivity contribution in [1.29, 1.82) is 0 Å². The molecule has 0 fully saturated rings. The van der Waals surface area contributed by atoms with Gasteiger partial charge in [-0.05, 0) is 0 Å². The quantitative estimate of drug-likeness (QED) is 0.655. The van der Waals surface area contributed by atoms with Gasteiger partial charge in [-0.25, -0.2) is 0 Å². The van der Waals surface area contributed by atoms with E-state index in [1.54, 1.807) is 0 Å². The molecule has 0 N–H and O–H groups in total. The SMILES string of the molecule is [SnH][c]1cnc(N2C=CCC2)cn1. The number of rotatable bonds is 1. The van der Waals surface area contributed by atoms with Gasteiger partial charge in [-0.15, -0.1) is 0 Å². The molecule has 3 nitrogen and oxygen atoms in total. The first-order chi connectivity index (χ1) is 5.86. The Morgan fingerprint density at radius 1 is 1.33 bits per heavy atom. The van der Waals surface area contributed by atoms with Crippen LogP contribution in [0.4, 0.5) is 5.82 Å². The molecule has 1 aliphatic rings. The zero-order valence-electron chi connectivity index (χ0n) is 6.64. The van der Waals surface area contributed by atoms with Crippen LogP contribution in [0.25, 0.3) is 0 Å². The summed E-state index contributed by atoms with van der Waals surface area (Å²) in [7, 11) is 0. The van der Waals surface area contributed by atoms with Crippen molar-refractivity contribution in [2.75, 3.05) is 11.4 Å². The maximum absolute atomic E-state index is 4.30. The van der Waals surface area contributed by atoms with E-state index in [1.165, 1.54) is 0 Å². The van der Waals surface area contributed by atoms with Gasteiger partial charge in [-0.2, -0.15) is 0 Å². The molecule has 1 aromatic rings. The Morgan fingerprint density at radius 3 is 2.83 bits per heavy atom. The fraction of sp³-hybridized carbons (Fsp3) is 0.250. The molecule has 60 valence electrons. The van der Waals surface area contributed by atoms with Gasteiger partial charge in [0.2, 0.25) is 0 Å². The molecule has 0 atom stereocenters. The van der Waals surface area contributed by atoms with Crippen molar-refractivity contribution in [3.05, 3.63) is 24.7 Å². The minimum absolute atomic E-state index is 0.960. The van der Waals surface area contributed by atoms with Crippen LogP contribution in [-0.4, -0.2) is 39.0 Å². The summed E-state index contributed by atoms with van der Waals surface area (Å²) >= 11 is 1.04. The summed E-state index contributed by atoms with van der Waals surface area (Å²) in [6.07, 6.45) is 9.02. The van der Waals surface area contributed by atoms with Gasteiger partial charge in [0.1, 0.15) is 0 Å². The summed E-state index contributed by atoms with van der Waals surface area (Å²) < 4.78 is 1.09. The van der Waals surface area contributed by atoms with Crippen molar-refractivity contribution >= 4 is 32.1 Å². The monoisotopic (exact) mass is 267 g/mol. The minimum atomic E-state index is 0.960. The van der Waals surface area contributed by atoms with E-state index in [2.05, 4.69) is 27.1 Å². The molecule has 0 unspecified atom stereocenters. The van der Waals surface area contributed by atoms with Crippen molar-refractivity contribution in [1.82, 2.24) is 9.97 Å². The van der Waals surface area contributed by atoms with Gasteiger partial charge < -0.3 is 0 Å². The van der Waals surface area contributed by atoms with Gasteiger partial charge in [0.25, 0.3) is 0 Å². The van der Waals surface area contributed by atoms with Gasteiger partial charge in [-0.1, -0.05) is 0 Å². The molecular formula is C8H9N3Sn. The van der Waals surface area contributed by atoms with Crippen LogP contribution in [0.2, 0.25) is 0 Å². The Kier molecular flexibility index (Phi) is 2.30. The summed E-state index contributed by atoms with van der Waals surface area (Å²) in [4.78, 5) is 10.7. The number of nitrogens with zero attached hydrogens (tertiary/aromatic N) is 3. The van der Waals surface area contributed by atoms with Crippen molar-refractivity contribution < 1.29 is 0 Å². The summed E-state index contributed by atoms with van der Waals surface area (Å²) in [6.45, 7) is 1.04. The Labute approximate surface area is 84.6 Å². The van der Waals surface area contributed by atoms with E-state index in [0.29, 0.717) is 0 Å². The second-order valence-electron chi connectivity index (χ2n) is 2.67.